The minimum Gasteiger partial charge on any atom is -0.337 e. The van der Waals surface area contributed by atoms with E-state index in [-0.39, 0.29) is 6.04 Å². The molecule has 0 fully saturated rings. The molecule has 124 valence electrons. The quantitative estimate of drug-likeness (QED) is 0.882. The smallest absolute Gasteiger partial charge is 0.208 e. The van der Waals surface area contributed by atoms with Crippen LogP contribution >= 0.6 is 0 Å². The first-order valence-corrected chi connectivity index (χ1v) is 9.53. The second-order valence-corrected chi connectivity index (χ2v) is 7.95. The summed E-state index contributed by atoms with van der Waals surface area (Å²) in [5.41, 5.74) is 3.49. The molecule has 0 bridgehead atoms. The third-order valence-corrected chi connectivity index (χ3v) is 4.94. The molecule has 1 aromatic heterocycles. The Bertz CT molecular complexity index is 771. The van der Waals surface area contributed by atoms with Gasteiger partial charge in [0.25, 0.3) is 0 Å². The molecule has 0 unspecified atom stereocenters. The average Bonchev–Trinajstić information content (AvgIpc) is 2.86. The number of nitrogens with one attached hydrogen (secondary N) is 1. The van der Waals surface area contributed by atoms with E-state index in [0.717, 1.165) is 25.2 Å². The van der Waals surface area contributed by atoms with Crippen LogP contribution in [0.1, 0.15) is 17.0 Å². The van der Waals surface area contributed by atoms with Gasteiger partial charge < -0.3 is 4.57 Å². The number of nitrogens with zero attached hydrogens (tertiary/aromatic N) is 3. The van der Waals surface area contributed by atoms with Crippen LogP contribution in [0.25, 0.3) is 0 Å². The summed E-state index contributed by atoms with van der Waals surface area (Å²) in [4.78, 5) is 6.77. The molecular formula is C16H22N4O2S. The zero-order valence-corrected chi connectivity index (χ0v) is 14.3. The van der Waals surface area contributed by atoms with E-state index in [1.165, 1.54) is 17.5 Å². The Morgan fingerprint density at radius 2 is 2.04 bits per heavy atom. The van der Waals surface area contributed by atoms with Crippen molar-refractivity contribution >= 4 is 10.0 Å². The fourth-order valence-electron chi connectivity index (χ4n) is 3.02. The monoisotopic (exact) mass is 334 g/mol. The van der Waals surface area contributed by atoms with E-state index in [2.05, 4.69) is 26.7 Å². The highest BCUT2D eigenvalue weighted by Gasteiger charge is 2.29. The second-order valence-electron chi connectivity index (χ2n) is 6.12. The Kier molecular flexibility index (Phi) is 4.52. The van der Waals surface area contributed by atoms with E-state index < -0.39 is 10.0 Å². The molecule has 0 saturated heterocycles. The number of imidazole rings is 1. The van der Waals surface area contributed by atoms with E-state index in [1.807, 2.05) is 36.1 Å². The van der Waals surface area contributed by atoms with Gasteiger partial charge in [0, 0.05) is 44.8 Å². The molecule has 23 heavy (non-hydrogen) atoms. The summed E-state index contributed by atoms with van der Waals surface area (Å²) in [6, 6.07) is 10.3. The number of aryl methyl sites for hydroxylation is 1. The first-order valence-electron chi connectivity index (χ1n) is 7.64. The molecule has 7 heteroatoms. The van der Waals surface area contributed by atoms with Gasteiger partial charge in [0.2, 0.25) is 10.0 Å². The summed E-state index contributed by atoms with van der Waals surface area (Å²) >= 11 is 0. The first kappa shape index (κ1) is 16.2. The number of fused-ring (bicyclic) bond motifs is 1. The number of aromatic nitrogens is 2. The molecule has 0 radical (unpaired) electrons. The van der Waals surface area contributed by atoms with E-state index in [0.29, 0.717) is 6.54 Å². The molecular weight excluding hydrogens is 312 g/mol. The summed E-state index contributed by atoms with van der Waals surface area (Å²) in [6.45, 7) is 1.93. The minimum atomic E-state index is -3.19. The number of sulfonamides is 1. The molecule has 1 aromatic carbocycles. The highest BCUT2D eigenvalue weighted by atomic mass is 32.2. The lowest BCUT2D eigenvalue weighted by atomic mass is 10.0. The zero-order valence-electron chi connectivity index (χ0n) is 13.4. The molecule has 3 rings (SSSR count). The fourth-order valence-corrected chi connectivity index (χ4v) is 3.52. The highest BCUT2D eigenvalue weighted by Crippen LogP contribution is 2.23. The largest absolute Gasteiger partial charge is 0.337 e. The van der Waals surface area contributed by atoms with Crippen LogP contribution in [0.15, 0.2) is 36.7 Å². The number of hydrogen-bond acceptors (Lipinski definition) is 4. The van der Waals surface area contributed by atoms with Gasteiger partial charge in [-0.2, -0.15) is 0 Å². The fraction of sp³-hybridized carbons (Fsp3) is 0.438. The van der Waals surface area contributed by atoms with Gasteiger partial charge in [-0.3, -0.25) is 4.90 Å². The maximum atomic E-state index is 11.5. The Labute approximate surface area is 137 Å². The van der Waals surface area contributed by atoms with Crippen molar-refractivity contribution in [1.82, 2.24) is 19.2 Å². The topological polar surface area (TPSA) is 67.2 Å². The van der Waals surface area contributed by atoms with Gasteiger partial charge in [-0.1, -0.05) is 30.3 Å². The maximum absolute atomic E-state index is 11.5. The van der Waals surface area contributed by atoms with Crippen LogP contribution in [0.4, 0.5) is 0 Å². The van der Waals surface area contributed by atoms with Crippen molar-refractivity contribution in [3.63, 3.8) is 0 Å². The normalized spacial score (nSPS) is 18.8. The van der Waals surface area contributed by atoms with Gasteiger partial charge in [-0.15, -0.1) is 0 Å². The third kappa shape index (κ3) is 3.99. The summed E-state index contributed by atoms with van der Waals surface area (Å²) in [6.07, 6.45) is 3.83. The van der Waals surface area contributed by atoms with E-state index >= 15 is 0 Å². The van der Waals surface area contributed by atoms with E-state index in [9.17, 15) is 8.42 Å². The lowest BCUT2D eigenvalue weighted by Gasteiger charge is -2.35. The van der Waals surface area contributed by atoms with Crippen LogP contribution in [0, 0.1) is 0 Å². The summed E-state index contributed by atoms with van der Waals surface area (Å²) < 4.78 is 27.6. The summed E-state index contributed by atoms with van der Waals surface area (Å²) in [5.74, 6) is 0. The van der Waals surface area contributed by atoms with Gasteiger partial charge in [0.15, 0.2) is 0 Å². The van der Waals surface area contributed by atoms with Gasteiger partial charge in [-0.05, 0) is 5.56 Å². The molecule has 2 aromatic rings. The minimum absolute atomic E-state index is 0.118. The molecule has 0 aliphatic carbocycles. The molecule has 1 N–H and O–H groups in total. The maximum Gasteiger partial charge on any atom is 0.208 e. The van der Waals surface area contributed by atoms with E-state index in [4.69, 9.17) is 0 Å². The molecule has 2 heterocycles. The first-order chi connectivity index (χ1) is 10.9. The molecule has 0 spiro atoms. The molecule has 0 amide bonds. The van der Waals surface area contributed by atoms with Crippen LogP contribution in [0.3, 0.4) is 0 Å². The predicted octanol–water partition coefficient (Wildman–Crippen LogP) is 0.896. The number of rotatable bonds is 5. The zero-order chi connectivity index (χ0) is 16.4. The Morgan fingerprint density at radius 1 is 1.30 bits per heavy atom. The molecule has 0 saturated carbocycles. The van der Waals surface area contributed by atoms with Crippen LogP contribution in [-0.2, 0) is 36.6 Å². The lowest BCUT2D eigenvalue weighted by molar-refractivity contribution is 0.159. The Hall–Kier alpha value is -1.70. The SMILES string of the molecule is Cn1cnc2c1C[C@H](CNS(C)(=O)=O)N(Cc1ccccc1)C2. The van der Waals surface area contributed by atoms with Crippen molar-refractivity contribution < 1.29 is 8.42 Å². The van der Waals surface area contributed by atoms with Crippen molar-refractivity contribution in [3.05, 3.63) is 53.6 Å². The number of benzene rings is 1. The van der Waals surface area contributed by atoms with Crippen LogP contribution < -0.4 is 4.72 Å². The standard InChI is InChI=1S/C16H22N4O2S/c1-19-12-17-15-11-20(10-13-6-4-3-5-7-13)14(8-16(15)19)9-18-23(2,21)22/h3-7,12,14,18H,8-11H2,1-2H3/t14-/m1/s1. The molecule has 1 aliphatic heterocycles. The van der Waals surface area contributed by atoms with E-state index in [1.54, 1.807) is 0 Å². The average molecular weight is 334 g/mol. The third-order valence-electron chi connectivity index (χ3n) is 4.25. The number of hydrogen-bond donors (Lipinski definition) is 1. The van der Waals surface area contributed by atoms with Crippen LogP contribution in [0.2, 0.25) is 0 Å². The molecule has 1 aliphatic rings. The van der Waals surface area contributed by atoms with Crippen molar-refractivity contribution in [2.24, 2.45) is 7.05 Å². The predicted molar refractivity (Wildman–Crippen MR) is 89.2 cm³/mol. The Morgan fingerprint density at radius 3 is 2.74 bits per heavy atom. The lowest BCUT2D eigenvalue weighted by Crippen LogP contribution is -2.47. The van der Waals surface area contributed by atoms with Crippen LogP contribution in [-0.4, -0.2) is 41.7 Å². The van der Waals surface area contributed by atoms with Gasteiger partial charge in [-0.25, -0.2) is 18.1 Å². The van der Waals surface area contributed by atoms with Crippen LogP contribution in [0.5, 0.6) is 0 Å². The summed E-state index contributed by atoms with van der Waals surface area (Å²) in [5, 5.41) is 0. The van der Waals surface area contributed by atoms with Crippen molar-refractivity contribution in [1.29, 1.82) is 0 Å². The second kappa shape index (κ2) is 6.43. The summed E-state index contributed by atoms with van der Waals surface area (Å²) in [7, 11) is -1.21. The molecule has 1 atom stereocenters. The van der Waals surface area contributed by atoms with Gasteiger partial charge in [0.1, 0.15) is 0 Å². The Balaban J connectivity index is 1.81. The van der Waals surface area contributed by atoms with Gasteiger partial charge >= 0.3 is 0 Å². The van der Waals surface area contributed by atoms with Gasteiger partial charge in [0.05, 0.1) is 18.3 Å². The molecule has 6 nitrogen and oxygen atoms in total. The highest BCUT2D eigenvalue weighted by molar-refractivity contribution is 7.88. The van der Waals surface area contributed by atoms with Crippen molar-refractivity contribution in [2.45, 2.75) is 25.6 Å². The van der Waals surface area contributed by atoms with Crippen molar-refractivity contribution in [3.8, 4) is 0 Å². The van der Waals surface area contributed by atoms with Crippen molar-refractivity contribution in [2.75, 3.05) is 12.8 Å².